The van der Waals surface area contributed by atoms with Gasteiger partial charge in [-0.25, -0.2) is 4.79 Å². The summed E-state index contributed by atoms with van der Waals surface area (Å²) in [6.45, 7) is 11.2. The molecule has 0 radical (unpaired) electrons. The highest BCUT2D eigenvalue weighted by molar-refractivity contribution is 5.91. The second kappa shape index (κ2) is 6.01. The summed E-state index contributed by atoms with van der Waals surface area (Å²) in [6.07, 6.45) is 7.42. The average molecular weight is 304 g/mol. The minimum absolute atomic E-state index is 0.0124. The molecule has 0 amide bonds. The molecule has 3 heterocycles. The van der Waals surface area contributed by atoms with E-state index in [4.69, 9.17) is 14.2 Å². The van der Waals surface area contributed by atoms with Crippen LogP contribution in [0, 0.1) is 5.92 Å². The number of carbonyl (C=O) groups is 1. The third kappa shape index (κ3) is 3.03. The van der Waals surface area contributed by atoms with Gasteiger partial charge in [0.05, 0.1) is 18.8 Å². The van der Waals surface area contributed by atoms with Crippen molar-refractivity contribution in [2.75, 3.05) is 13.2 Å². The van der Waals surface area contributed by atoms with Crippen LogP contribution in [-0.4, -0.2) is 37.0 Å². The largest absolute Gasteiger partial charge is 0.455 e. The average Bonchev–Trinajstić information content (AvgIpc) is 3.06. The van der Waals surface area contributed by atoms with Crippen LogP contribution in [0.15, 0.2) is 36.5 Å². The van der Waals surface area contributed by atoms with E-state index in [9.17, 15) is 4.79 Å². The first kappa shape index (κ1) is 15.5. The van der Waals surface area contributed by atoms with Gasteiger partial charge in [0.15, 0.2) is 0 Å². The molecule has 4 heteroatoms. The van der Waals surface area contributed by atoms with Gasteiger partial charge in [-0.3, -0.25) is 0 Å². The molecule has 3 aliphatic rings. The Morgan fingerprint density at radius 3 is 2.95 bits per heavy atom. The van der Waals surface area contributed by atoms with E-state index < -0.39 is 0 Å². The molecule has 0 aliphatic carbocycles. The maximum Gasteiger partial charge on any atom is 0.334 e. The molecule has 0 spiro atoms. The fraction of sp³-hybridized carbons (Fsp3) is 0.611. The van der Waals surface area contributed by atoms with Gasteiger partial charge in [-0.1, -0.05) is 30.9 Å². The molecule has 2 saturated heterocycles. The zero-order chi connectivity index (χ0) is 15.7. The molecular weight excluding hydrogens is 280 g/mol. The molecule has 120 valence electrons. The van der Waals surface area contributed by atoms with Crippen LogP contribution >= 0.6 is 0 Å². The highest BCUT2D eigenvalue weighted by Crippen LogP contribution is 2.49. The normalized spacial score (nSPS) is 41.1. The van der Waals surface area contributed by atoms with E-state index in [2.05, 4.69) is 26.2 Å². The number of allylic oxidation sites excluding steroid dienone is 1. The molecule has 22 heavy (non-hydrogen) atoms. The second-order valence-corrected chi connectivity index (χ2v) is 6.67. The lowest BCUT2D eigenvalue weighted by Gasteiger charge is -2.18. The molecule has 0 saturated carbocycles. The maximum atomic E-state index is 11.9. The Hall–Kier alpha value is -1.39. The van der Waals surface area contributed by atoms with Crippen molar-refractivity contribution in [2.45, 2.75) is 50.4 Å². The highest BCUT2D eigenvalue weighted by atomic mass is 16.6. The fourth-order valence-corrected chi connectivity index (χ4v) is 3.37. The monoisotopic (exact) mass is 304 g/mol. The van der Waals surface area contributed by atoms with Gasteiger partial charge < -0.3 is 14.2 Å². The Morgan fingerprint density at radius 2 is 2.14 bits per heavy atom. The summed E-state index contributed by atoms with van der Waals surface area (Å²) in [7, 11) is 0. The number of hydrogen-bond donors (Lipinski definition) is 0. The number of hydrogen-bond acceptors (Lipinski definition) is 4. The van der Waals surface area contributed by atoms with E-state index >= 15 is 0 Å². The lowest BCUT2D eigenvalue weighted by atomic mass is 9.85. The van der Waals surface area contributed by atoms with E-state index in [1.807, 2.05) is 6.08 Å². The number of carbonyl (C=O) groups excluding carboxylic acids is 1. The molecule has 3 rings (SSSR count). The minimum atomic E-state index is -0.279. The molecular formula is C18H24O4. The van der Waals surface area contributed by atoms with Gasteiger partial charge in [-0.2, -0.15) is 0 Å². The van der Waals surface area contributed by atoms with Crippen molar-refractivity contribution < 1.29 is 19.0 Å². The molecule has 3 aliphatic heterocycles. The van der Waals surface area contributed by atoms with Gasteiger partial charge in [0.25, 0.3) is 0 Å². The number of fused-ring (bicyclic) bond motifs is 3. The first-order chi connectivity index (χ1) is 10.5. The lowest BCUT2D eigenvalue weighted by Crippen LogP contribution is -2.28. The van der Waals surface area contributed by atoms with Crippen LogP contribution in [0.1, 0.15) is 32.6 Å². The molecule has 0 aromatic heterocycles. The smallest absolute Gasteiger partial charge is 0.334 e. The SMILES string of the molecule is C=C1CC[C@H]2C(=C)C(=O)O[C@@H]2[C@H]2O[C@]2(C)CC/C=C\COC1. The van der Waals surface area contributed by atoms with E-state index in [0.29, 0.717) is 18.8 Å². The van der Waals surface area contributed by atoms with Crippen molar-refractivity contribution in [1.29, 1.82) is 0 Å². The van der Waals surface area contributed by atoms with Gasteiger partial charge in [0.1, 0.15) is 12.2 Å². The van der Waals surface area contributed by atoms with Crippen LogP contribution in [0.25, 0.3) is 0 Å². The molecule has 0 N–H and O–H groups in total. The first-order valence-corrected chi connectivity index (χ1v) is 7.98. The van der Waals surface area contributed by atoms with Crippen molar-refractivity contribution in [3.63, 3.8) is 0 Å². The van der Waals surface area contributed by atoms with Gasteiger partial charge in [-0.05, 0) is 32.6 Å². The minimum Gasteiger partial charge on any atom is -0.455 e. The highest BCUT2D eigenvalue weighted by Gasteiger charge is 2.61. The van der Waals surface area contributed by atoms with Crippen molar-refractivity contribution in [2.24, 2.45) is 5.92 Å². The van der Waals surface area contributed by atoms with Crippen LogP contribution in [0.4, 0.5) is 0 Å². The molecule has 0 bridgehead atoms. The Bertz CT molecular complexity index is 521. The van der Waals surface area contributed by atoms with Crippen LogP contribution in [-0.2, 0) is 19.0 Å². The molecule has 2 fully saturated rings. The van der Waals surface area contributed by atoms with Crippen molar-refractivity contribution in [1.82, 2.24) is 0 Å². The summed E-state index contributed by atoms with van der Waals surface area (Å²) < 4.78 is 17.0. The quantitative estimate of drug-likeness (QED) is 0.299. The molecule has 0 aromatic carbocycles. The first-order valence-electron chi connectivity index (χ1n) is 7.98. The number of ether oxygens (including phenoxy) is 3. The molecule has 0 aromatic rings. The number of esters is 1. The van der Waals surface area contributed by atoms with Crippen molar-refractivity contribution in [3.8, 4) is 0 Å². The van der Waals surface area contributed by atoms with E-state index in [1.165, 1.54) is 0 Å². The maximum absolute atomic E-state index is 11.9. The van der Waals surface area contributed by atoms with Crippen LogP contribution in [0.2, 0.25) is 0 Å². The third-order valence-corrected chi connectivity index (χ3v) is 4.89. The summed E-state index contributed by atoms with van der Waals surface area (Å²) in [4.78, 5) is 11.9. The topological polar surface area (TPSA) is 48.1 Å². The van der Waals surface area contributed by atoms with Crippen LogP contribution in [0.5, 0.6) is 0 Å². The molecule has 4 atom stereocenters. The summed E-state index contributed by atoms with van der Waals surface area (Å²) in [5, 5.41) is 0. The summed E-state index contributed by atoms with van der Waals surface area (Å²) in [6, 6.07) is 0. The Labute approximate surface area is 131 Å². The fourth-order valence-electron chi connectivity index (χ4n) is 3.37. The predicted molar refractivity (Wildman–Crippen MR) is 83.4 cm³/mol. The van der Waals surface area contributed by atoms with Crippen molar-refractivity contribution in [3.05, 3.63) is 36.5 Å². The van der Waals surface area contributed by atoms with Crippen LogP contribution in [0.3, 0.4) is 0 Å². The summed E-state index contributed by atoms with van der Waals surface area (Å²) in [5.74, 6) is -0.256. The summed E-state index contributed by atoms with van der Waals surface area (Å²) in [5.41, 5.74) is 1.42. The van der Waals surface area contributed by atoms with Gasteiger partial charge in [0, 0.05) is 11.5 Å². The van der Waals surface area contributed by atoms with Crippen molar-refractivity contribution >= 4 is 5.97 Å². The Morgan fingerprint density at radius 1 is 1.32 bits per heavy atom. The Balaban J connectivity index is 1.75. The zero-order valence-electron chi connectivity index (χ0n) is 13.2. The number of epoxide rings is 1. The molecule has 4 nitrogen and oxygen atoms in total. The standard InChI is InChI=1S/C18H24O4/c1-12-7-8-14-13(2)17(19)21-15(14)16-18(3,22-16)9-5-4-6-10-20-11-12/h4,6,14-16H,1-2,5,7-11H2,3H3/b6-4-/t14-,15-,16+,18+/m0/s1. The molecule has 0 unspecified atom stereocenters. The predicted octanol–water partition coefficient (Wildman–Crippen LogP) is 2.94. The van der Waals surface area contributed by atoms with E-state index in [-0.39, 0.29) is 29.7 Å². The lowest BCUT2D eigenvalue weighted by molar-refractivity contribution is -0.140. The zero-order valence-corrected chi connectivity index (χ0v) is 13.2. The van der Waals surface area contributed by atoms with Gasteiger partial charge in [-0.15, -0.1) is 0 Å². The second-order valence-electron chi connectivity index (χ2n) is 6.67. The van der Waals surface area contributed by atoms with Gasteiger partial charge in [0.2, 0.25) is 0 Å². The summed E-state index contributed by atoms with van der Waals surface area (Å²) >= 11 is 0. The Kier molecular flexibility index (Phi) is 4.24. The number of rotatable bonds is 0. The van der Waals surface area contributed by atoms with E-state index in [0.717, 1.165) is 31.3 Å². The van der Waals surface area contributed by atoms with E-state index in [1.54, 1.807) is 0 Å². The van der Waals surface area contributed by atoms with Crippen LogP contribution < -0.4 is 0 Å². The third-order valence-electron chi connectivity index (χ3n) is 4.89. The van der Waals surface area contributed by atoms with Gasteiger partial charge >= 0.3 is 5.97 Å².